The maximum atomic E-state index is 13.3. The van der Waals surface area contributed by atoms with Crippen LogP contribution >= 0.6 is 27.5 Å². The molecule has 0 bridgehead atoms. The summed E-state index contributed by atoms with van der Waals surface area (Å²) in [6.07, 6.45) is 1.80. The van der Waals surface area contributed by atoms with E-state index in [0.717, 1.165) is 21.3 Å². The number of hydrogen-bond donors (Lipinski definition) is 0. The summed E-state index contributed by atoms with van der Waals surface area (Å²) < 4.78 is 0.882. The van der Waals surface area contributed by atoms with Crippen LogP contribution in [0.25, 0.3) is 6.08 Å². The van der Waals surface area contributed by atoms with Gasteiger partial charge >= 0.3 is 0 Å². The topological polar surface area (TPSA) is 32.7 Å². The molecule has 28 heavy (non-hydrogen) atoms. The van der Waals surface area contributed by atoms with E-state index in [0.29, 0.717) is 22.1 Å². The van der Waals surface area contributed by atoms with E-state index in [-0.39, 0.29) is 5.91 Å². The van der Waals surface area contributed by atoms with Crippen LogP contribution in [0.2, 0.25) is 5.02 Å². The van der Waals surface area contributed by atoms with Gasteiger partial charge in [-0.05, 0) is 48.9 Å². The highest BCUT2D eigenvalue weighted by Gasteiger charge is 2.33. The average Bonchev–Trinajstić information content (AvgIpc) is 3.00. The van der Waals surface area contributed by atoms with Crippen molar-refractivity contribution >= 4 is 51.0 Å². The Bertz CT molecular complexity index is 1120. The van der Waals surface area contributed by atoms with Gasteiger partial charge in [0.05, 0.1) is 10.7 Å². The van der Waals surface area contributed by atoms with Gasteiger partial charge in [0, 0.05) is 10.0 Å². The number of amides is 1. The van der Waals surface area contributed by atoms with Gasteiger partial charge in [-0.1, -0.05) is 75.6 Å². The number of hydrogen-bond acceptors (Lipinski definition) is 2. The average molecular weight is 452 g/mol. The molecule has 0 spiro atoms. The summed E-state index contributed by atoms with van der Waals surface area (Å²) in [6, 6.07) is 22.9. The van der Waals surface area contributed by atoms with Crippen molar-refractivity contribution in [3.63, 3.8) is 0 Å². The Kier molecular flexibility index (Phi) is 5.16. The normalized spacial score (nSPS) is 15.2. The molecule has 1 aliphatic heterocycles. The minimum atomic E-state index is -0.186. The fourth-order valence-corrected chi connectivity index (χ4v) is 3.62. The quantitative estimate of drug-likeness (QED) is 0.433. The molecule has 4 rings (SSSR count). The number of anilines is 1. The largest absolute Gasteiger partial charge is 0.282 e. The molecule has 138 valence electrons. The molecule has 3 aromatic rings. The lowest BCUT2D eigenvalue weighted by Crippen LogP contribution is -2.32. The zero-order valence-corrected chi connectivity index (χ0v) is 17.4. The standard InChI is InChI=1S/C23H16BrClN2O/c1-15-9-11-16(12-10-15)13-21-23(28)27(18-6-4-5-17(24)14-18)22(26-21)19-7-2-3-8-20(19)25/h2-14H,1H3/b21-13+. The van der Waals surface area contributed by atoms with Crippen LogP contribution in [0, 0.1) is 6.92 Å². The van der Waals surface area contributed by atoms with Crippen molar-refractivity contribution in [1.82, 2.24) is 0 Å². The Hall–Kier alpha value is -2.69. The zero-order chi connectivity index (χ0) is 19.7. The highest BCUT2D eigenvalue weighted by atomic mass is 79.9. The molecule has 0 saturated heterocycles. The summed E-state index contributed by atoms with van der Waals surface area (Å²) in [5.74, 6) is 0.334. The van der Waals surface area contributed by atoms with Crippen LogP contribution < -0.4 is 4.90 Å². The van der Waals surface area contributed by atoms with Crippen molar-refractivity contribution in [3.05, 3.63) is 105 Å². The van der Waals surface area contributed by atoms with Crippen LogP contribution in [0.3, 0.4) is 0 Å². The third-order valence-corrected chi connectivity index (χ3v) is 5.25. The third kappa shape index (κ3) is 3.66. The molecule has 1 heterocycles. The number of aliphatic imine (C=N–C) groups is 1. The van der Waals surface area contributed by atoms with Gasteiger partial charge in [-0.25, -0.2) is 4.99 Å². The van der Waals surface area contributed by atoms with Crippen molar-refractivity contribution < 1.29 is 4.79 Å². The number of rotatable bonds is 3. The van der Waals surface area contributed by atoms with Crippen molar-refractivity contribution in [3.8, 4) is 0 Å². The molecule has 0 N–H and O–H groups in total. The SMILES string of the molecule is Cc1ccc(/C=C2/N=C(c3ccccc3Cl)N(c3cccc(Br)c3)C2=O)cc1. The summed E-state index contributed by atoms with van der Waals surface area (Å²) in [5, 5.41) is 0.547. The van der Waals surface area contributed by atoms with E-state index in [4.69, 9.17) is 11.6 Å². The Labute approximate surface area is 177 Å². The number of carbonyl (C=O) groups excluding carboxylic acids is 1. The summed E-state index contributed by atoms with van der Waals surface area (Å²) in [5.41, 5.74) is 3.90. The zero-order valence-electron chi connectivity index (χ0n) is 15.1. The molecule has 0 radical (unpaired) electrons. The lowest BCUT2D eigenvalue weighted by atomic mass is 10.1. The summed E-state index contributed by atoms with van der Waals surface area (Å²) in [7, 11) is 0. The first-order valence-electron chi connectivity index (χ1n) is 8.75. The molecular formula is C23H16BrClN2O. The van der Waals surface area contributed by atoms with Crippen LogP contribution in [-0.4, -0.2) is 11.7 Å². The minimum Gasteiger partial charge on any atom is -0.266 e. The Balaban J connectivity index is 1.85. The summed E-state index contributed by atoms with van der Waals surface area (Å²) in [4.78, 5) is 19.5. The molecule has 0 aromatic heterocycles. The number of nitrogens with zero attached hydrogens (tertiary/aromatic N) is 2. The van der Waals surface area contributed by atoms with Crippen LogP contribution in [0.5, 0.6) is 0 Å². The molecule has 5 heteroatoms. The summed E-state index contributed by atoms with van der Waals surface area (Å²) in [6.45, 7) is 2.03. The fraction of sp³-hybridized carbons (Fsp3) is 0.0435. The molecule has 1 aliphatic rings. The van der Waals surface area contributed by atoms with Crippen LogP contribution in [0.15, 0.2) is 88.0 Å². The van der Waals surface area contributed by atoms with Gasteiger partial charge in [-0.15, -0.1) is 0 Å². The second-order valence-electron chi connectivity index (χ2n) is 6.48. The van der Waals surface area contributed by atoms with Crippen molar-refractivity contribution in [2.24, 2.45) is 4.99 Å². The van der Waals surface area contributed by atoms with Gasteiger partial charge in [-0.2, -0.15) is 0 Å². The first-order valence-corrected chi connectivity index (χ1v) is 9.92. The Morgan fingerprint density at radius 2 is 1.75 bits per heavy atom. The number of aryl methyl sites for hydroxylation is 1. The van der Waals surface area contributed by atoms with Crippen molar-refractivity contribution in [2.45, 2.75) is 6.92 Å². The van der Waals surface area contributed by atoms with Crippen molar-refractivity contribution in [2.75, 3.05) is 4.90 Å². The first kappa shape index (κ1) is 18.7. The second-order valence-corrected chi connectivity index (χ2v) is 7.80. The molecule has 0 atom stereocenters. The van der Waals surface area contributed by atoms with E-state index >= 15 is 0 Å². The second kappa shape index (κ2) is 7.74. The first-order chi connectivity index (χ1) is 13.5. The molecule has 0 fully saturated rings. The van der Waals surface area contributed by atoms with Gasteiger partial charge in [0.25, 0.3) is 5.91 Å². The number of amidine groups is 1. The number of carbonyl (C=O) groups is 1. The van der Waals surface area contributed by atoms with E-state index in [1.165, 1.54) is 0 Å². The van der Waals surface area contributed by atoms with Crippen LogP contribution in [0.1, 0.15) is 16.7 Å². The predicted octanol–water partition coefficient (Wildman–Crippen LogP) is 6.25. The predicted molar refractivity (Wildman–Crippen MR) is 119 cm³/mol. The molecule has 1 amide bonds. The monoisotopic (exact) mass is 450 g/mol. The molecule has 3 aromatic carbocycles. The highest BCUT2D eigenvalue weighted by molar-refractivity contribution is 9.10. The molecule has 0 unspecified atom stereocenters. The fourth-order valence-electron chi connectivity index (χ4n) is 3.02. The van der Waals surface area contributed by atoms with E-state index < -0.39 is 0 Å². The lowest BCUT2D eigenvalue weighted by molar-refractivity contribution is -0.113. The maximum absolute atomic E-state index is 13.3. The van der Waals surface area contributed by atoms with Gasteiger partial charge in [0.1, 0.15) is 11.5 Å². The van der Waals surface area contributed by atoms with Crippen LogP contribution in [0.4, 0.5) is 5.69 Å². The van der Waals surface area contributed by atoms with Gasteiger partial charge < -0.3 is 0 Å². The van der Waals surface area contributed by atoms with E-state index in [1.54, 1.807) is 17.0 Å². The van der Waals surface area contributed by atoms with Gasteiger partial charge in [0.2, 0.25) is 0 Å². The Morgan fingerprint density at radius 3 is 2.46 bits per heavy atom. The highest BCUT2D eigenvalue weighted by Crippen LogP contribution is 2.31. The molecule has 3 nitrogen and oxygen atoms in total. The van der Waals surface area contributed by atoms with Crippen molar-refractivity contribution in [1.29, 1.82) is 0 Å². The number of benzene rings is 3. The van der Waals surface area contributed by atoms with E-state index in [9.17, 15) is 4.79 Å². The molecule has 0 aliphatic carbocycles. The molecule has 0 saturated carbocycles. The molecular weight excluding hydrogens is 436 g/mol. The van der Waals surface area contributed by atoms with Gasteiger partial charge in [-0.3, -0.25) is 9.69 Å². The lowest BCUT2D eigenvalue weighted by Gasteiger charge is -2.19. The number of halogens is 2. The van der Waals surface area contributed by atoms with Crippen LogP contribution in [-0.2, 0) is 4.79 Å². The summed E-state index contributed by atoms with van der Waals surface area (Å²) >= 11 is 9.89. The third-order valence-electron chi connectivity index (χ3n) is 4.42. The minimum absolute atomic E-state index is 0.186. The van der Waals surface area contributed by atoms with E-state index in [2.05, 4.69) is 20.9 Å². The van der Waals surface area contributed by atoms with Gasteiger partial charge in [0.15, 0.2) is 0 Å². The maximum Gasteiger partial charge on any atom is 0.282 e. The van der Waals surface area contributed by atoms with E-state index in [1.807, 2.05) is 73.7 Å². The smallest absolute Gasteiger partial charge is 0.266 e. The Morgan fingerprint density at radius 1 is 1.00 bits per heavy atom.